The highest BCUT2D eigenvalue weighted by Gasteiger charge is 2.15. The Kier molecular flexibility index (Phi) is 8.23. The Hall–Kier alpha value is -2.85. The molecule has 0 saturated carbocycles. The van der Waals surface area contributed by atoms with E-state index < -0.39 is 0 Å². The Balaban J connectivity index is 1.42. The van der Waals surface area contributed by atoms with E-state index in [-0.39, 0.29) is 5.91 Å². The van der Waals surface area contributed by atoms with Crippen molar-refractivity contribution in [1.82, 2.24) is 14.8 Å². The molecule has 1 heterocycles. The number of carbonyl (C=O) groups is 1. The molecule has 0 bridgehead atoms. The van der Waals surface area contributed by atoms with E-state index in [1.807, 2.05) is 60.9 Å². The van der Waals surface area contributed by atoms with Crippen LogP contribution in [0, 0.1) is 17.4 Å². The zero-order chi connectivity index (χ0) is 23.9. The summed E-state index contributed by atoms with van der Waals surface area (Å²) in [5.74, 6) is 1.41. The van der Waals surface area contributed by atoms with E-state index in [9.17, 15) is 4.79 Å². The van der Waals surface area contributed by atoms with E-state index in [4.69, 9.17) is 0 Å². The lowest BCUT2D eigenvalue weighted by molar-refractivity contribution is -0.115. The summed E-state index contributed by atoms with van der Waals surface area (Å²) < 4.78 is 3.24. The highest BCUT2D eigenvalue weighted by atomic mass is 127. The Morgan fingerprint density at radius 1 is 1.00 bits per heavy atom. The summed E-state index contributed by atoms with van der Waals surface area (Å²) in [5, 5.41) is 16.1. The first-order valence-electron chi connectivity index (χ1n) is 11.0. The summed E-state index contributed by atoms with van der Waals surface area (Å²) in [6.07, 6.45) is 0.385. The average Bonchev–Trinajstić information content (AvgIpc) is 3.24. The number of rotatable bonds is 9. The number of halogens is 1. The van der Waals surface area contributed by atoms with Crippen LogP contribution >= 0.6 is 34.4 Å². The Morgan fingerprint density at radius 2 is 1.76 bits per heavy atom. The van der Waals surface area contributed by atoms with E-state index in [2.05, 4.69) is 73.8 Å². The van der Waals surface area contributed by atoms with Gasteiger partial charge in [0.25, 0.3) is 0 Å². The molecule has 34 heavy (non-hydrogen) atoms. The number of nitrogens with one attached hydrogen (secondary N) is 2. The van der Waals surface area contributed by atoms with Crippen molar-refractivity contribution in [2.45, 2.75) is 32.0 Å². The summed E-state index contributed by atoms with van der Waals surface area (Å²) in [4.78, 5) is 12.5. The molecule has 0 atom stereocenters. The van der Waals surface area contributed by atoms with Gasteiger partial charge in [-0.05, 0) is 84.5 Å². The highest BCUT2D eigenvalue weighted by molar-refractivity contribution is 14.1. The summed E-state index contributed by atoms with van der Waals surface area (Å²) in [6.45, 7) is 4.59. The number of hydrogen-bond donors (Lipinski definition) is 2. The lowest BCUT2D eigenvalue weighted by Crippen LogP contribution is -2.13. The van der Waals surface area contributed by atoms with Gasteiger partial charge in [0.05, 0.1) is 6.54 Å². The van der Waals surface area contributed by atoms with Crippen molar-refractivity contribution in [1.29, 1.82) is 0 Å². The minimum absolute atomic E-state index is 0.00849. The number of nitrogens with zero attached hydrogens (tertiary/aromatic N) is 3. The quantitative estimate of drug-likeness (QED) is 0.181. The number of anilines is 2. The van der Waals surface area contributed by atoms with E-state index >= 15 is 0 Å². The monoisotopic (exact) mass is 583 g/mol. The first-order chi connectivity index (χ1) is 16.5. The third-order valence-electron chi connectivity index (χ3n) is 5.23. The van der Waals surface area contributed by atoms with E-state index in [0.717, 1.165) is 33.6 Å². The number of aryl methyl sites for hydroxylation is 2. The Labute approximate surface area is 217 Å². The average molecular weight is 583 g/mol. The second-order valence-electron chi connectivity index (χ2n) is 7.90. The van der Waals surface area contributed by atoms with E-state index in [0.29, 0.717) is 18.7 Å². The zero-order valence-corrected chi connectivity index (χ0v) is 22.1. The number of para-hydroxylation sites is 1. The van der Waals surface area contributed by atoms with Gasteiger partial charge >= 0.3 is 0 Å². The minimum atomic E-state index is -0.00849. The molecule has 4 rings (SSSR count). The second-order valence-corrected chi connectivity index (χ2v) is 10.2. The van der Waals surface area contributed by atoms with Gasteiger partial charge in [0.15, 0.2) is 11.0 Å². The van der Waals surface area contributed by atoms with Gasteiger partial charge in [-0.1, -0.05) is 47.7 Å². The third kappa shape index (κ3) is 6.38. The molecule has 2 N–H and O–H groups in total. The van der Waals surface area contributed by atoms with Crippen molar-refractivity contribution < 1.29 is 4.79 Å². The van der Waals surface area contributed by atoms with Gasteiger partial charge in [0.1, 0.15) is 0 Å². The van der Waals surface area contributed by atoms with Crippen molar-refractivity contribution in [2.75, 3.05) is 16.4 Å². The van der Waals surface area contributed by atoms with Gasteiger partial charge in [-0.3, -0.25) is 9.36 Å². The van der Waals surface area contributed by atoms with Gasteiger partial charge in [-0.15, -0.1) is 10.2 Å². The fraction of sp³-hybridized carbons (Fsp3) is 0.192. The molecule has 174 valence electrons. The van der Waals surface area contributed by atoms with Crippen LogP contribution in [0.2, 0.25) is 0 Å². The maximum absolute atomic E-state index is 12.5. The van der Waals surface area contributed by atoms with Gasteiger partial charge < -0.3 is 10.6 Å². The Bertz CT molecular complexity index is 1260. The molecular weight excluding hydrogens is 557 g/mol. The molecule has 4 aromatic rings. The van der Waals surface area contributed by atoms with Crippen molar-refractivity contribution in [3.05, 3.63) is 93.3 Å². The van der Waals surface area contributed by atoms with Gasteiger partial charge in [-0.2, -0.15) is 0 Å². The molecule has 1 aromatic heterocycles. The molecule has 0 unspecified atom stereocenters. The van der Waals surface area contributed by atoms with Crippen molar-refractivity contribution in [3.63, 3.8) is 0 Å². The van der Waals surface area contributed by atoms with Gasteiger partial charge in [-0.25, -0.2) is 0 Å². The molecule has 0 saturated heterocycles. The molecule has 0 fully saturated rings. The molecule has 0 spiro atoms. The van der Waals surface area contributed by atoms with Crippen LogP contribution in [-0.2, 0) is 11.3 Å². The number of hydrogen-bond acceptors (Lipinski definition) is 5. The predicted molar refractivity (Wildman–Crippen MR) is 148 cm³/mol. The van der Waals surface area contributed by atoms with E-state index in [1.165, 1.54) is 20.9 Å². The summed E-state index contributed by atoms with van der Waals surface area (Å²) in [6, 6.07) is 24.3. The maximum atomic E-state index is 12.5. The summed E-state index contributed by atoms with van der Waals surface area (Å²) in [5.41, 5.74) is 5.13. The molecule has 0 radical (unpaired) electrons. The molecule has 3 aromatic carbocycles. The van der Waals surface area contributed by atoms with Crippen molar-refractivity contribution >= 4 is 51.6 Å². The molecule has 0 aliphatic heterocycles. The van der Waals surface area contributed by atoms with Crippen LogP contribution in [0.15, 0.2) is 78.0 Å². The third-order valence-corrected chi connectivity index (χ3v) is 6.88. The minimum Gasteiger partial charge on any atom is -0.378 e. The normalized spacial score (nSPS) is 10.8. The number of thioether (sulfide) groups is 1. The van der Waals surface area contributed by atoms with Crippen molar-refractivity contribution in [3.8, 4) is 5.69 Å². The number of amides is 1. The van der Waals surface area contributed by atoms with Crippen LogP contribution in [0.25, 0.3) is 5.69 Å². The molecule has 0 aliphatic rings. The smallest absolute Gasteiger partial charge is 0.225 e. The molecule has 6 nitrogen and oxygen atoms in total. The first-order valence-corrected chi connectivity index (χ1v) is 13.0. The van der Waals surface area contributed by atoms with Crippen LogP contribution in [0.4, 0.5) is 11.4 Å². The second kappa shape index (κ2) is 11.5. The van der Waals surface area contributed by atoms with Crippen LogP contribution in [0.1, 0.15) is 23.4 Å². The van der Waals surface area contributed by atoms with Gasteiger partial charge in [0.2, 0.25) is 5.91 Å². The molecule has 8 heteroatoms. The van der Waals surface area contributed by atoms with Crippen LogP contribution in [0.5, 0.6) is 0 Å². The van der Waals surface area contributed by atoms with Gasteiger partial charge in [0, 0.05) is 32.8 Å². The topological polar surface area (TPSA) is 71.8 Å². The molecule has 0 aliphatic carbocycles. The SMILES string of the molecule is Cc1ccc(NC(=O)CCSc2nnc(CNc3ccc(I)cc3)n2-c2ccccc2)c(C)c1. The van der Waals surface area contributed by atoms with Crippen LogP contribution in [0.3, 0.4) is 0 Å². The van der Waals surface area contributed by atoms with E-state index in [1.54, 1.807) is 0 Å². The van der Waals surface area contributed by atoms with Crippen LogP contribution < -0.4 is 10.6 Å². The molecular formula is C26H26IN5OS. The zero-order valence-electron chi connectivity index (χ0n) is 19.1. The standard InChI is InChI=1S/C26H26IN5OS/c1-18-8-13-23(19(2)16-18)29-25(33)14-15-34-26-31-30-24(32(26)22-6-4-3-5-7-22)17-28-21-11-9-20(27)10-12-21/h3-13,16,28H,14-15,17H2,1-2H3,(H,29,33). The lowest BCUT2D eigenvalue weighted by atomic mass is 10.1. The number of carbonyl (C=O) groups excluding carboxylic acids is 1. The van der Waals surface area contributed by atoms with Crippen molar-refractivity contribution in [2.24, 2.45) is 0 Å². The maximum Gasteiger partial charge on any atom is 0.225 e. The first kappa shape index (κ1) is 24.3. The lowest BCUT2D eigenvalue weighted by Gasteiger charge is -2.12. The Morgan fingerprint density at radius 3 is 2.50 bits per heavy atom. The summed E-state index contributed by atoms with van der Waals surface area (Å²) in [7, 11) is 0. The molecule has 1 amide bonds. The largest absolute Gasteiger partial charge is 0.378 e. The highest BCUT2D eigenvalue weighted by Crippen LogP contribution is 2.24. The van der Waals surface area contributed by atoms with Crippen LogP contribution in [-0.4, -0.2) is 26.4 Å². The fourth-order valence-electron chi connectivity index (χ4n) is 3.50. The fourth-order valence-corrected chi connectivity index (χ4v) is 4.76. The predicted octanol–water partition coefficient (Wildman–Crippen LogP) is 6.22. The summed E-state index contributed by atoms with van der Waals surface area (Å²) >= 11 is 3.82. The number of benzene rings is 3. The number of aromatic nitrogens is 3.